The van der Waals surface area contributed by atoms with Crippen LogP contribution in [0.15, 0.2) is 60.8 Å². The first kappa shape index (κ1) is 11.2. The first-order chi connectivity index (χ1) is 9.92. The third-order valence-electron chi connectivity index (χ3n) is 3.60. The molecule has 0 saturated carbocycles. The topological polar surface area (TPSA) is 41.6 Å². The van der Waals surface area contributed by atoms with Crippen LogP contribution in [0.5, 0.6) is 0 Å². The second-order valence-electron chi connectivity index (χ2n) is 4.90. The summed E-state index contributed by atoms with van der Waals surface area (Å²) in [6, 6.07) is 18.7. The Morgan fingerprint density at radius 3 is 2.60 bits per heavy atom. The summed E-state index contributed by atoms with van der Waals surface area (Å²) in [5.41, 5.74) is 3.17. The number of hydrogen-bond donors (Lipinski definition) is 1. The number of nitrogens with zero attached hydrogens (tertiary/aromatic N) is 2. The molecule has 4 rings (SSSR count). The van der Waals surface area contributed by atoms with Gasteiger partial charge >= 0.3 is 0 Å². The molecule has 3 heteroatoms. The van der Waals surface area contributed by atoms with Crippen molar-refractivity contribution < 1.29 is 0 Å². The Bertz CT molecular complexity index is 878. The van der Waals surface area contributed by atoms with Crippen molar-refractivity contribution in [3.8, 4) is 0 Å². The number of H-pyrrole nitrogens is 1. The van der Waals surface area contributed by atoms with Gasteiger partial charge in [0.15, 0.2) is 5.65 Å². The lowest BCUT2D eigenvalue weighted by molar-refractivity contribution is 1.01. The van der Waals surface area contributed by atoms with Crippen molar-refractivity contribution in [3.63, 3.8) is 0 Å². The molecule has 2 aromatic carbocycles. The Balaban J connectivity index is 1.94. The van der Waals surface area contributed by atoms with Crippen LogP contribution in [0.1, 0.15) is 11.3 Å². The Morgan fingerprint density at radius 2 is 1.70 bits per heavy atom. The zero-order chi connectivity index (χ0) is 13.4. The van der Waals surface area contributed by atoms with Crippen LogP contribution in [0.2, 0.25) is 0 Å². The average Bonchev–Trinajstić information content (AvgIpc) is 2.92. The van der Waals surface area contributed by atoms with Gasteiger partial charge in [0.2, 0.25) is 0 Å². The Kier molecular flexibility index (Phi) is 2.49. The minimum atomic E-state index is 0.816. The minimum Gasteiger partial charge on any atom is -0.261 e. The molecule has 96 valence electrons. The van der Waals surface area contributed by atoms with E-state index in [1.165, 1.54) is 10.9 Å². The maximum Gasteiger partial charge on any atom is 0.156 e. The lowest BCUT2D eigenvalue weighted by atomic mass is 10.0. The molecule has 0 atom stereocenters. The number of hydrogen-bond acceptors (Lipinski definition) is 2. The van der Waals surface area contributed by atoms with Crippen molar-refractivity contribution in [2.75, 3.05) is 0 Å². The van der Waals surface area contributed by atoms with Crippen LogP contribution in [-0.4, -0.2) is 15.2 Å². The molecule has 0 saturated heterocycles. The quantitative estimate of drug-likeness (QED) is 0.596. The predicted octanol–water partition coefficient (Wildman–Crippen LogP) is 3.70. The summed E-state index contributed by atoms with van der Waals surface area (Å²) in [4.78, 5) is 4.45. The average molecular weight is 259 g/mol. The molecule has 2 aromatic heterocycles. The first-order valence-corrected chi connectivity index (χ1v) is 6.66. The van der Waals surface area contributed by atoms with Crippen molar-refractivity contribution in [2.24, 2.45) is 0 Å². The van der Waals surface area contributed by atoms with E-state index in [9.17, 15) is 0 Å². The fraction of sp³-hybridized carbons (Fsp3) is 0.0588. The number of fused-ring (bicyclic) bond motifs is 3. The van der Waals surface area contributed by atoms with Crippen LogP contribution in [0, 0.1) is 0 Å². The van der Waals surface area contributed by atoms with Gasteiger partial charge in [-0.3, -0.25) is 5.10 Å². The normalized spacial score (nSPS) is 11.2. The van der Waals surface area contributed by atoms with Crippen molar-refractivity contribution in [2.45, 2.75) is 6.42 Å². The maximum atomic E-state index is 4.45. The highest BCUT2D eigenvalue weighted by atomic mass is 15.1. The van der Waals surface area contributed by atoms with Crippen LogP contribution >= 0.6 is 0 Å². The first-order valence-electron chi connectivity index (χ1n) is 6.66. The summed E-state index contributed by atoms with van der Waals surface area (Å²) in [7, 11) is 0. The van der Waals surface area contributed by atoms with E-state index in [0.29, 0.717) is 0 Å². The minimum absolute atomic E-state index is 0.816. The number of benzene rings is 2. The van der Waals surface area contributed by atoms with E-state index in [-0.39, 0.29) is 0 Å². The third kappa shape index (κ3) is 1.75. The summed E-state index contributed by atoms with van der Waals surface area (Å²) in [5.74, 6) is 0. The van der Waals surface area contributed by atoms with E-state index >= 15 is 0 Å². The molecule has 1 N–H and O–H groups in total. The van der Waals surface area contributed by atoms with Gasteiger partial charge in [-0.1, -0.05) is 54.6 Å². The standard InChI is InChI=1S/C17H13N3/c1-2-6-12(7-3-1)10-15-16-14-9-5-4-8-13(14)11-18-17(16)20-19-15/h1-9,11H,10H2,(H,18,19,20). The van der Waals surface area contributed by atoms with E-state index in [0.717, 1.165) is 28.5 Å². The molecule has 0 aliphatic heterocycles. The van der Waals surface area contributed by atoms with Gasteiger partial charge < -0.3 is 0 Å². The molecular formula is C17H13N3. The molecule has 3 nitrogen and oxygen atoms in total. The summed E-state index contributed by atoms with van der Waals surface area (Å²) in [6.07, 6.45) is 2.71. The second kappa shape index (κ2) is 4.46. The molecule has 0 unspecified atom stereocenters. The lowest BCUT2D eigenvalue weighted by Gasteiger charge is -2.01. The van der Waals surface area contributed by atoms with Crippen LogP contribution in [0.4, 0.5) is 0 Å². The molecule has 20 heavy (non-hydrogen) atoms. The summed E-state index contributed by atoms with van der Waals surface area (Å²) >= 11 is 0. The molecule has 0 radical (unpaired) electrons. The highest BCUT2D eigenvalue weighted by molar-refractivity contribution is 6.05. The van der Waals surface area contributed by atoms with E-state index < -0.39 is 0 Å². The van der Waals surface area contributed by atoms with Crippen molar-refractivity contribution in [1.82, 2.24) is 15.2 Å². The fourth-order valence-corrected chi connectivity index (χ4v) is 2.63. The predicted molar refractivity (Wildman–Crippen MR) is 80.6 cm³/mol. The summed E-state index contributed by atoms with van der Waals surface area (Å²) in [5, 5.41) is 11.0. The number of nitrogens with one attached hydrogen (secondary N) is 1. The second-order valence-corrected chi connectivity index (χ2v) is 4.90. The third-order valence-corrected chi connectivity index (χ3v) is 3.60. The van der Waals surface area contributed by atoms with E-state index in [4.69, 9.17) is 0 Å². The number of pyridine rings is 1. The molecule has 0 amide bonds. The zero-order valence-corrected chi connectivity index (χ0v) is 10.9. The van der Waals surface area contributed by atoms with Crippen molar-refractivity contribution in [1.29, 1.82) is 0 Å². The van der Waals surface area contributed by atoms with E-state index in [1.807, 2.05) is 18.3 Å². The van der Waals surface area contributed by atoms with Crippen LogP contribution < -0.4 is 0 Å². The van der Waals surface area contributed by atoms with E-state index in [2.05, 4.69) is 57.6 Å². The summed E-state index contributed by atoms with van der Waals surface area (Å²) in [6.45, 7) is 0. The molecule has 4 aromatic rings. The number of aromatic nitrogens is 3. The Labute approximate surface area is 116 Å². The molecule has 2 heterocycles. The molecule has 0 aliphatic carbocycles. The van der Waals surface area contributed by atoms with Gasteiger partial charge in [-0.15, -0.1) is 0 Å². The van der Waals surface area contributed by atoms with Gasteiger partial charge in [0.05, 0.1) is 11.1 Å². The smallest absolute Gasteiger partial charge is 0.156 e. The van der Waals surface area contributed by atoms with Crippen molar-refractivity contribution >= 4 is 21.8 Å². The number of aromatic amines is 1. The van der Waals surface area contributed by atoms with Gasteiger partial charge in [-0.25, -0.2) is 4.98 Å². The highest BCUT2D eigenvalue weighted by Gasteiger charge is 2.10. The Hall–Kier alpha value is -2.68. The van der Waals surface area contributed by atoms with Gasteiger partial charge in [0, 0.05) is 18.0 Å². The van der Waals surface area contributed by atoms with E-state index in [1.54, 1.807) is 0 Å². The number of rotatable bonds is 2. The highest BCUT2D eigenvalue weighted by Crippen LogP contribution is 2.26. The van der Waals surface area contributed by atoms with Crippen LogP contribution in [0.3, 0.4) is 0 Å². The summed E-state index contributed by atoms with van der Waals surface area (Å²) < 4.78 is 0. The van der Waals surface area contributed by atoms with Gasteiger partial charge in [-0.05, 0) is 10.9 Å². The SMILES string of the molecule is c1ccc(Cc2n[nH]c3ncc4ccccc4c23)cc1. The van der Waals surface area contributed by atoms with Crippen LogP contribution in [-0.2, 0) is 6.42 Å². The fourth-order valence-electron chi connectivity index (χ4n) is 2.63. The largest absolute Gasteiger partial charge is 0.261 e. The molecule has 0 bridgehead atoms. The van der Waals surface area contributed by atoms with Gasteiger partial charge in [0.1, 0.15) is 0 Å². The molecule has 0 fully saturated rings. The molecule has 0 spiro atoms. The lowest BCUT2D eigenvalue weighted by Crippen LogP contribution is -1.89. The maximum absolute atomic E-state index is 4.45. The van der Waals surface area contributed by atoms with Crippen molar-refractivity contribution in [3.05, 3.63) is 72.1 Å². The van der Waals surface area contributed by atoms with Gasteiger partial charge in [-0.2, -0.15) is 5.10 Å². The Morgan fingerprint density at radius 1 is 0.900 bits per heavy atom. The molecular weight excluding hydrogens is 246 g/mol. The molecule has 0 aliphatic rings. The monoisotopic (exact) mass is 259 g/mol. The zero-order valence-electron chi connectivity index (χ0n) is 10.9. The van der Waals surface area contributed by atoms with Crippen LogP contribution in [0.25, 0.3) is 21.8 Å². The van der Waals surface area contributed by atoms with Gasteiger partial charge in [0.25, 0.3) is 0 Å².